The molecule has 0 heterocycles. The van der Waals surface area contributed by atoms with Gasteiger partial charge in [-0.3, -0.25) is 4.79 Å². The Labute approximate surface area is 81.1 Å². The standard InChI is InChI=1S/C11H10F2O/c1-7(2)11(14)5-8-3-9(12)6-10(13)4-8/h3-4,6H,1,5H2,2H3. The van der Waals surface area contributed by atoms with Crippen LogP contribution in [0.2, 0.25) is 0 Å². The van der Waals surface area contributed by atoms with E-state index in [0.717, 1.165) is 18.2 Å². The van der Waals surface area contributed by atoms with Crippen molar-refractivity contribution in [2.75, 3.05) is 0 Å². The van der Waals surface area contributed by atoms with Crippen molar-refractivity contribution >= 4 is 5.78 Å². The van der Waals surface area contributed by atoms with Crippen LogP contribution in [0.1, 0.15) is 12.5 Å². The number of Topliss-reactive ketones (excluding diaryl/α,β-unsaturated/α-hetero) is 1. The molecule has 14 heavy (non-hydrogen) atoms. The molecule has 0 aromatic heterocycles. The zero-order valence-electron chi connectivity index (χ0n) is 7.81. The maximum Gasteiger partial charge on any atom is 0.162 e. The van der Waals surface area contributed by atoms with E-state index in [-0.39, 0.29) is 12.2 Å². The van der Waals surface area contributed by atoms with Gasteiger partial charge in [-0.05, 0) is 30.2 Å². The average molecular weight is 196 g/mol. The summed E-state index contributed by atoms with van der Waals surface area (Å²) in [5, 5.41) is 0. The molecule has 0 bridgehead atoms. The monoisotopic (exact) mass is 196 g/mol. The van der Waals surface area contributed by atoms with Gasteiger partial charge in [0.25, 0.3) is 0 Å². The normalized spacial score (nSPS) is 9.93. The van der Waals surface area contributed by atoms with Gasteiger partial charge in [-0.25, -0.2) is 8.78 Å². The van der Waals surface area contributed by atoms with E-state index in [1.807, 2.05) is 0 Å². The minimum atomic E-state index is -0.672. The lowest BCUT2D eigenvalue weighted by Gasteiger charge is -2.01. The fraction of sp³-hybridized carbons (Fsp3) is 0.182. The molecule has 3 heteroatoms. The molecule has 0 aliphatic heterocycles. The number of hydrogen-bond donors (Lipinski definition) is 0. The summed E-state index contributed by atoms with van der Waals surface area (Å²) < 4.78 is 25.4. The molecule has 0 N–H and O–H groups in total. The molecule has 0 radical (unpaired) electrons. The molecule has 0 aliphatic carbocycles. The summed E-state index contributed by atoms with van der Waals surface area (Å²) in [5.41, 5.74) is 0.713. The Morgan fingerprint density at radius 2 is 1.79 bits per heavy atom. The molecule has 1 rings (SSSR count). The van der Waals surface area contributed by atoms with Crippen LogP contribution in [0, 0.1) is 11.6 Å². The number of allylic oxidation sites excluding steroid dienone is 1. The molecular formula is C11H10F2O. The first-order valence-corrected chi connectivity index (χ1v) is 4.12. The van der Waals surface area contributed by atoms with Crippen molar-refractivity contribution in [1.29, 1.82) is 0 Å². The van der Waals surface area contributed by atoms with Crippen LogP contribution in [-0.2, 0) is 11.2 Å². The maximum absolute atomic E-state index is 12.7. The topological polar surface area (TPSA) is 17.1 Å². The molecule has 1 nitrogen and oxygen atoms in total. The number of halogens is 2. The summed E-state index contributed by atoms with van der Waals surface area (Å²) in [5.74, 6) is -1.56. The van der Waals surface area contributed by atoms with Gasteiger partial charge in [0.2, 0.25) is 0 Å². The first-order valence-electron chi connectivity index (χ1n) is 4.12. The molecule has 1 aromatic rings. The molecule has 0 amide bonds. The number of benzene rings is 1. The lowest BCUT2D eigenvalue weighted by atomic mass is 10.1. The zero-order valence-corrected chi connectivity index (χ0v) is 7.81. The van der Waals surface area contributed by atoms with Crippen molar-refractivity contribution in [1.82, 2.24) is 0 Å². The SMILES string of the molecule is C=C(C)C(=O)Cc1cc(F)cc(F)c1. The van der Waals surface area contributed by atoms with Gasteiger partial charge in [0.1, 0.15) is 11.6 Å². The summed E-state index contributed by atoms with van der Waals surface area (Å²) in [7, 11) is 0. The molecule has 0 atom stereocenters. The van der Waals surface area contributed by atoms with Crippen molar-refractivity contribution in [2.24, 2.45) is 0 Å². The summed E-state index contributed by atoms with van der Waals surface area (Å²) in [6.07, 6.45) is -0.00991. The highest BCUT2D eigenvalue weighted by Crippen LogP contribution is 2.10. The first-order chi connectivity index (χ1) is 6.49. The predicted molar refractivity (Wildman–Crippen MR) is 49.9 cm³/mol. The Bertz CT molecular complexity index is 363. The summed E-state index contributed by atoms with van der Waals surface area (Å²) in [6, 6.07) is 3.06. The van der Waals surface area contributed by atoms with Gasteiger partial charge in [-0.1, -0.05) is 6.58 Å². The summed E-state index contributed by atoms with van der Waals surface area (Å²) >= 11 is 0. The van der Waals surface area contributed by atoms with Crippen LogP contribution >= 0.6 is 0 Å². The minimum absolute atomic E-state index is 0.00991. The predicted octanol–water partition coefficient (Wildman–Crippen LogP) is 2.65. The average Bonchev–Trinajstić information content (AvgIpc) is 2.01. The Morgan fingerprint density at radius 1 is 1.29 bits per heavy atom. The van der Waals surface area contributed by atoms with Crippen LogP contribution in [0.15, 0.2) is 30.4 Å². The van der Waals surface area contributed by atoms with Gasteiger partial charge in [0.15, 0.2) is 5.78 Å². The molecular weight excluding hydrogens is 186 g/mol. The second-order valence-corrected chi connectivity index (χ2v) is 3.16. The van der Waals surface area contributed by atoms with Crippen molar-refractivity contribution in [2.45, 2.75) is 13.3 Å². The quantitative estimate of drug-likeness (QED) is 0.679. The summed E-state index contributed by atoms with van der Waals surface area (Å²) in [6.45, 7) is 5.03. The van der Waals surface area contributed by atoms with Gasteiger partial charge in [-0.15, -0.1) is 0 Å². The third-order valence-electron chi connectivity index (χ3n) is 1.76. The molecule has 0 unspecified atom stereocenters. The largest absolute Gasteiger partial charge is 0.294 e. The number of rotatable bonds is 3. The van der Waals surface area contributed by atoms with Crippen LogP contribution in [-0.4, -0.2) is 5.78 Å². The molecule has 0 spiro atoms. The fourth-order valence-electron chi connectivity index (χ4n) is 1.05. The van der Waals surface area contributed by atoms with Crippen LogP contribution < -0.4 is 0 Å². The Kier molecular flexibility index (Phi) is 3.12. The van der Waals surface area contributed by atoms with E-state index in [1.165, 1.54) is 0 Å². The second-order valence-electron chi connectivity index (χ2n) is 3.16. The molecule has 1 aromatic carbocycles. The third kappa shape index (κ3) is 2.76. The fourth-order valence-corrected chi connectivity index (χ4v) is 1.05. The van der Waals surface area contributed by atoms with E-state index in [9.17, 15) is 13.6 Å². The molecule has 74 valence electrons. The van der Waals surface area contributed by atoms with Crippen molar-refractivity contribution in [3.8, 4) is 0 Å². The van der Waals surface area contributed by atoms with Crippen LogP contribution in [0.4, 0.5) is 8.78 Å². The Hall–Kier alpha value is -1.51. The minimum Gasteiger partial charge on any atom is -0.294 e. The van der Waals surface area contributed by atoms with Crippen LogP contribution in [0.3, 0.4) is 0 Å². The molecule has 0 aliphatic rings. The molecule has 0 saturated heterocycles. The third-order valence-corrected chi connectivity index (χ3v) is 1.76. The van der Waals surface area contributed by atoms with Crippen LogP contribution in [0.5, 0.6) is 0 Å². The number of carbonyl (C=O) groups is 1. The zero-order chi connectivity index (χ0) is 10.7. The van der Waals surface area contributed by atoms with Crippen molar-refractivity contribution < 1.29 is 13.6 Å². The van der Waals surface area contributed by atoms with E-state index < -0.39 is 11.6 Å². The van der Waals surface area contributed by atoms with Gasteiger partial charge in [0.05, 0.1) is 0 Å². The van der Waals surface area contributed by atoms with E-state index in [0.29, 0.717) is 11.1 Å². The van der Waals surface area contributed by atoms with Crippen molar-refractivity contribution in [3.63, 3.8) is 0 Å². The van der Waals surface area contributed by atoms with Gasteiger partial charge in [0, 0.05) is 12.5 Å². The second kappa shape index (κ2) is 4.13. The van der Waals surface area contributed by atoms with E-state index in [4.69, 9.17) is 0 Å². The molecule has 0 saturated carbocycles. The van der Waals surface area contributed by atoms with E-state index >= 15 is 0 Å². The summed E-state index contributed by atoms with van der Waals surface area (Å²) in [4.78, 5) is 11.2. The van der Waals surface area contributed by atoms with Crippen molar-refractivity contribution in [3.05, 3.63) is 47.5 Å². The number of hydrogen-bond acceptors (Lipinski definition) is 1. The highest BCUT2D eigenvalue weighted by molar-refractivity contribution is 5.95. The number of carbonyl (C=O) groups excluding carboxylic acids is 1. The highest BCUT2D eigenvalue weighted by Gasteiger charge is 2.06. The highest BCUT2D eigenvalue weighted by atomic mass is 19.1. The maximum atomic E-state index is 12.7. The number of ketones is 1. The smallest absolute Gasteiger partial charge is 0.162 e. The lowest BCUT2D eigenvalue weighted by Crippen LogP contribution is -2.03. The van der Waals surface area contributed by atoms with E-state index in [2.05, 4.69) is 6.58 Å². The first kappa shape index (κ1) is 10.6. The Balaban J connectivity index is 2.87. The van der Waals surface area contributed by atoms with Gasteiger partial charge in [-0.2, -0.15) is 0 Å². The van der Waals surface area contributed by atoms with Gasteiger partial charge >= 0.3 is 0 Å². The molecule has 0 fully saturated rings. The van der Waals surface area contributed by atoms with Gasteiger partial charge < -0.3 is 0 Å². The lowest BCUT2D eigenvalue weighted by molar-refractivity contribution is -0.114. The van der Waals surface area contributed by atoms with E-state index in [1.54, 1.807) is 6.92 Å². The Morgan fingerprint density at radius 3 is 2.21 bits per heavy atom. The van der Waals surface area contributed by atoms with Crippen LogP contribution in [0.25, 0.3) is 0 Å².